The summed E-state index contributed by atoms with van der Waals surface area (Å²) >= 11 is 0. The third-order valence-corrected chi connectivity index (χ3v) is 4.16. The summed E-state index contributed by atoms with van der Waals surface area (Å²) < 4.78 is 0. The maximum Gasteiger partial charge on any atom is 0.148 e. The quantitative estimate of drug-likeness (QED) is 0.625. The molecule has 0 radical (unpaired) electrons. The first-order chi connectivity index (χ1) is 9.60. The molecule has 3 N–H and O–H groups in total. The molecule has 1 aliphatic rings. The monoisotopic (exact) mass is 278 g/mol. The zero-order valence-electron chi connectivity index (χ0n) is 13.0. The molecule has 0 saturated carbocycles. The SMILES string of the molecule is CCN(CC)C1CCN(c2nc(C)nc(NN)c2C)C1. The summed E-state index contributed by atoms with van der Waals surface area (Å²) in [7, 11) is 0. The van der Waals surface area contributed by atoms with Crippen molar-refractivity contribution in [3.63, 3.8) is 0 Å². The lowest BCUT2D eigenvalue weighted by molar-refractivity contribution is 0.232. The normalized spacial score (nSPS) is 18.9. The third-order valence-electron chi connectivity index (χ3n) is 4.16. The van der Waals surface area contributed by atoms with Crippen LogP contribution in [0.3, 0.4) is 0 Å². The van der Waals surface area contributed by atoms with E-state index in [1.165, 1.54) is 6.42 Å². The van der Waals surface area contributed by atoms with Gasteiger partial charge in [0, 0.05) is 24.7 Å². The predicted molar refractivity (Wildman–Crippen MR) is 82.9 cm³/mol. The topological polar surface area (TPSA) is 70.3 Å². The van der Waals surface area contributed by atoms with Gasteiger partial charge in [-0.25, -0.2) is 15.8 Å². The molecule has 1 unspecified atom stereocenters. The fourth-order valence-electron chi connectivity index (χ4n) is 3.03. The number of hydrogen-bond acceptors (Lipinski definition) is 6. The van der Waals surface area contributed by atoms with E-state index in [2.05, 4.69) is 39.0 Å². The Balaban J connectivity index is 2.20. The minimum atomic E-state index is 0.619. The standard InChI is InChI=1S/C14H26N6/c1-5-19(6-2)12-7-8-20(9-12)14-10(3)13(18-15)16-11(4)17-14/h12H,5-9,15H2,1-4H3,(H,16,17,18). The fraction of sp³-hybridized carbons (Fsp3) is 0.714. The average molecular weight is 278 g/mol. The molecule has 112 valence electrons. The van der Waals surface area contributed by atoms with Crippen molar-refractivity contribution in [3.05, 3.63) is 11.4 Å². The van der Waals surface area contributed by atoms with Gasteiger partial charge in [0.15, 0.2) is 0 Å². The van der Waals surface area contributed by atoms with Crippen molar-refractivity contribution in [1.82, 2.24) is 14.9 Å². The highest BCUT2D eigenvalue weighted by molar-refractivity contribution is 5.58. The average Bonchev–Trinajstić information content (AvgIpc) is 2.92. The molecule has 0 spiro atoms. The highest BCUT2D eigenvalue weighted by Crippen LogP contribution is 2.27. The van der Waals surface area contributed by atoms with Gasteiger partial charge in [-0.3, -0.25) is 4.90 Å². The van der Waals surface area contributed by atoms with Crippen molar-refractivity contribution < 1.29 is 0 Å². The fourth-order valence-corrected chi connectivity index (χ4v) is 3.03. The lowest BCUT2D eigenvalue weighted by Crippen LogP contribution is -2.37. The Hall–Kier alpha value is -1.40. The van der Waals surface area contributed by atoms with Crippen LogP contribution in [0.2, 0.25) is 0 Å². The minimum absolute atomic E-state index is 0.619. The van der Waals surface area contributed by atoms with Gasteiger partial charge < -0.3 is 10.3 Å². The molecule has 1 fully saturated rings. The third kappa shape index (κ3) is 2.86. The van der Waals surface area contributed by atoms with E-state index in [1.807, 2.05) is 13.8 Å². The molecule has 0 aromatic carbocycles. The van der Waals surface area contributed by atoms with E-state index in [4.69, 9.17) is 5.84 Å². The summed E-state index contributed by atoms with van der Waals surface area (Å²) in [4.78, 5) is 13.8. The molecule has 1 saturated heterocycles. The van der Waals surface area contributed by atoms with Gasteiger partial charge in [0.05, 0.1) is 0 Å². The number of nitrogens with one attached hydrogen (secondary N) is 1. The first kappa shape index (κ1) is 15.0. The number of likely N-dealkylation sites (N-methyl/N-ethyl adjacent to an activating group) is 1. The van der Waals surface area contributed by atoms with Crippen molar-refractivity contribution in [2.24, 2.45) is 5.84 Å². The van der Waals surface area contributed by atoms with Crippen LogP contribution in [0.15, 0.2) is 0 Å². The lowest BCUT2D eigenvalue weighted by atomic mass is 10.2. The molecule has 20 heavy (non-hydrogen) atoms. The number of hydrogen-bond donors (Lipinski definition) is 2. The Kier molecular flexibility index (Phi) is 4.77. The van der Waals surface area contributed by atoms with Crippen LogP contribution in [0.5, 0.6) is 0 Å². The molecule has 2 heterocycles. The first-order valence-corrected chi connectivity index (χ1v) is 7.41. The second-order valence-corrected chi connectivity index (χ2v) is 5.32. The second kappa shape index (κ2) is 6.37. The van der Waals surface area contributed by atoms with Gasteiger partial charge in [-0.2, -0.15) is 0 Å². The van der Waals surface area contributed by atoms with E-state index in [0.717, 1.165) is 49.2 Å². The van der Waals surface area contributed by atoms with Crippen molar-refractivity contribution in [3.8, 4) is 0 Å². The number of aromatic nitrogens is 2. The van der Waals surface area contributed by atoms with Gasteiger partial charge >= 0.3 is 0 Å². The summed E-state index contributed by atoms with van der Waals surface area (Å²) in [6.07, 6.45) is 1.19. The number of nitrogens with two attached hydrogens (primary N) is 1. The molecule has 1 atom stereocenters. The number of aryl methyl sites for hydroxylation is 1. The van der Waals surface area contributed by atoms with Crippen LogP contribution in [0.25, 0.3) is 0 Å². The van der Waals surface area contributed by atoms with Crippen molar-refractivity contribution in [1.29, 1.82) is 0 Å². The Bertz CT molecular complexity index is 457. The maximum absolute atomic E-state index is 5.54. The Morgan fingerprint density at radius 3 is 2.60 bits per heavy atom. The van der Waals surface area contributed by atoms with Crippen LogP contribution < -0.4 is 16.2 Å². The summed E-state index contributed by atoms with van der Waals surface area (Å²) in [5.74, 6) is 8.03. The van der Waals surface area contributed by atoms with Crippen LogP contribution >= 0.6 is 0 Å². The Labute approximate surface area is 121 Å². The van der Waals surface area contributed by atoms with Gasteiger partial charge in [0.1, 0.15) is 17.5 Å². The van der Waals surface area contributed by atoms with Gasteiger partial charge in [-0.05, 0) is 33.4 Å². The van der Waals surface area contributed by atoms with E-state index in [1.54, 1.807) is 0 Å². The van der Waals surface area contributed by atoms with Gasteiger partial charge in [0.2, 0.25) is 0 Å². The van der Waals surface area contributed by atoms with Crippen molar-refractivity contribution in [2.75, 3.05) is 36.5 Å². The highest BCUT2D eigenvalue weighted by atomic mass is 15.3. The van der Waals surface area contributed by atoms with Gasteiger partial charge in [0.25, 0.3) is 0 Å². The summed E-state index contributed by atoms with van der Waals surface area (Å²) in [6, 6.07) is 0.619. The second-order valence-electron chi connectivity index (χ2n) is 5.32. The number of hydrazine groups is 1. The molecule has 1 aromatic rings. The highest BCUT2D eigenvalue weighted by Gasteiger charge is 2.28. The summed E-state index contributed by atoms with van der Waals surface area (Å²) in [6.45, 7) is 12.7. The summed E-state index contributed by atoms with van der Waals surface area (Å²) in [5.41, 5.74) is 3.69. The van der Waals surface area contributed by atoms with E-state index in [0.29, 0.717) is 6.04 Å². The largest absolute Gasteiger partial charge is 0.355 e. The van der Waals surface area contributed by atoms with Gasteiger partial charge in [-0.15, -0.1) is 0 Å². The van der Waals surface area contributed by atoms with Gasteiger partial charge in [-0.1, -0.05) is 13.8 Å². The molecule has 1 aromatic heterocycles. The smallest absolute Gasteiger partial charge is 0.148 e. The molecular formula is C14H26N6. The molecule has 6 nitrogen and oxygen atoms in total. The molecule has 0 bridgehead atoms. The van der Waals surface area contributed by atoms with E-state index in [-0.39, 0.29) is 0 Å². The Morgan fingerprint density at radius 2 is 2.00 bits per heavy atom. The molecule has 0 aliphatic carbocycles. The van der Waals surface area contributed by atoms with Crippen LogP contribution in [-0.4, -0.2) is 47.1 Å². The predicted octanol–water partition coefficient (Wildman–Crippen LogP) is 1.30. The minimum Gasteiger partial charge on any atom is -0.355 e. The Morgan fingerprint density at radius 1 is 1.30 bits per heavy atom. The van der Waals surface area contributed by atoms with Crippen molar-refractivity contribution in [2.45, 2.75) is 40.2 Å². The zero-order valence-corrected chi connectivity index (χ0v) is 13.0. The molecule has 6 heteroatoms. The van der Waals surface area contributed by atoms with Crippen LogP contribution in [0.1, 0.15) is 31.7 Å². The molecule has 1 aliphatic heterocycles. The first-order valence-electron chi connectivity index (χ1n) is 7.41. The van der Waals surface area contributed by atoms with Crippen LogP contribution in [0, 0.1) is 13.8 Å². The number of rotatable bonds is 5. The van der Waals surface area contributed by atoms with E-state index in [9.17, 15) is 0 Å². The molecular weight excluding hydrogens is 252 g/mol. The summed E-state index contributed by atoms with van der Waals surface area (Å²) in [5, 5.41) is 0. The maximum atomic E-state index is 5.54. The number of anilines is 2. The van der Waals surface area contributed by atoms with Crippen molar-refractivity contribution >= 4 is 11.6 Å². The van der Waals surface area contributed by atoms with E-state index >= 15 is 0 Å². The lowest BCUT2D eigenvalue weighted by Gasteiger charge is -2.27. The van der Waals surface area contributed by atoms with Crippen LogP contribution in [-0.2, 0) is 0 Å². The van der Waals surface area contributed by atoms with E-state index < -0.39 is 0 Å². The number of nitrogens with zero attached hydrogens (tertiary/aromatic N) is 4. The molecule has 0 amide bonds. The zero-order chi connectivity index (χ0) is 14.7. The molecule has 2 rings (SSSR count). The van der Waals surface area contributed by atoms with Crippen LogP contribution in [0.4, 0.5) is 11.6 Å². The number of nitrogen functional groups attached to an aromatic ring is 1.